The second-order valence-corrected chi connectivity index (χ2v) is 3.22. The van der Waals surface area contributed by atoms with Gasteiger partial charge in [-0.05, 0) is 12.1 Å². The highest BCUT2D eigenvalue weighted by Gasteiger charge is 2.14. The number of carboxylic acid groups (broad SMARTS) is 1. The minimum absolute atomic E-state index is 0.00528. The molecular formula is C10H9N3O4. The van der Waals surface area contributed by atoms with Gasteiger partial charge < -0.3 is 9.84 Å². The Hall–Kier alpha value is -2.57. The number of nitrogens with zero attached hydrogens (tertiary/aromatic N) is 2. The van der Waals surface area contributed by atoms with Crippen LogP contribution in [0, 0.1) is 0 Å². The molecular weight excluding hydrogens is 226 g/mol. The highest BCUT2D eigenvalue weighted by molar-refractivity contribution is 5.92. The van der Waals surface area contributed by atoms with E-state index >= 15 is 0 Å². The lowest BCUT2D eigenvalue weighted by Gasteiger charge is -2.07. The van der Waals surface area contributed by atoms with Crippen LogP contribution in [0.3, 0.4) is 0 Å². The molecule has 0 amide bonds. The maximum absolute atomic E-state index is 11.4. The van der Waals surface area contributed by atoms with Crippen molar-refractivity contribution in [2.75, 3.05) is 7.11 Å². The number of carboxylic acids is 1. The third-order valence-corrected chi connectivity index (χ3v) is 2.25. The molecule has 2 rings (SSSR count). The summed E-state index contributed by atoms with van der Waals surface area (Å²) in [6.07, 6.45) is 1.21. The van der Waals surface area contributed by atoms with Crippen LogP contribution in [0.2, 0.25) is 0 Å². The Morgan fingerprint density at radius 1 is 1.53 bits per heavy atom. The van der Waals surface area contributed by atoms with Gasteiger partial charge in [-0.3, -0.25) is 0 Å². The van der Waals surface area contributed by atoms with Crippen molar-refractivity contribution in [1.29, 1.82) is 0 Å². The molecule has 0 aliphatic rings. The zero-order valence-corrected chi connectivity index (χ0v) is 8.88. The number of hydrogen-bond donors (Lipinski definition) is 2. The third kappa shape index (κ3) is 1.89. The zero-order chi connectivity index (χ0) is 12.4. The van der Waals surface area contributed by atoms with Crippen LogP contribution in [-0.4, -0.2) is 33.0 Å². The summed E-state index contributed by atoms with van der Waals surface area (Å²) in [4.78, 5) is 22.4. The van der Waals surface area contributed by atoms with Crippen molar-refractivity contribution in [2.45, 2.75) is 0 Å². The van der Waals surface area contributed by atoms with E-state index in [1.54, 1.807) is 0 Å². The Morgan fingerprint density at radius 3 is 2.82 bits per heavy atom. The van der Waals surface area contributed by atoms with Gasteiger partial charge in [0.05, 0.1) is 18.4 Å². The van der Waals surface area contributed by atoms with Crippen molar-refractivity contribution in [3.8, 4) is 11.4 Å². The molecule has 2 N–H and O–H groups in total. The number of hydrogen-bond acceptors (Lipinski definition) is 4. The van der Waals surface area contributed by atoms with E-state index in [1.807, 2.05) is 0 Å². The average Bonchev–Trinajstić information content (AvgIpc) is 2.74. The van der Waals surface area contributed by atoms with E-state index in [0.29, 0.717) is 5.75 Å². The van der Waals surface area contributed by atoms with Crippen LogP contribution in [0.5, 0.6) is 5.75 Å². The molecule has 17 heavy (non-hydrogen) atoms. The number of aromatic amines is 1. The summed E-state index contributed by atoms with van der Waals surface area (Å²) in [7, 11) is 1.46. The molecule has 0 spiro atoms. The molecule has 0 radical (unpaired) electrons. The van der Waals surface area contributed by atoms with Crippen molar-refractivity contribution in [3.05, 3.63) is 40.6 Å². The van der Waals surface area contributed by atoms with E-state index in [-0.39, 0.29) is 11.3 Å². The molecule has 0 atom stereocenters. The van der Waals surface area contributed by atoms with E-state index in [4.69, 9.17) is 9.84 Å². The Bertz CT molecular complexity index is 614. The smallest absolute Gasteiger partial charge is 0.347 e. The van der Waals surface area contributed by atoms with Crippen LogP contribution < -0.4 is 10.4 Å². The first-order valence-electron chi connectivity index (χ1n) is 4.67. The van der Waals surface area contributed by atoms with Crippen molar-refractivity contribution in [2.24, 2.45) is 0 Å². The van der Waals surface area contributed by atoms with Crippen LogP contribution >= 0.6 is 0 Å². The number of aromatic nitrogens is 3. The fourth-order valence-electron chi connectivity index (χ4n) is 1.44. The van der Waals surface area contributed by atoms with E-state index in [2.05, 4.69) is 10.2 Å². The number of aromatic carboxylic acids is 1. The van der Waals surface area contributed by atoms with E-state index < -0.39 is 11.7 Å². The fourth-order valence-corrected chi connectivity index (χ4v) is 1.44. The lowest BCUT2D eigenvalue weighted by molar-refractivity contribution is 0.0697. The van der Waals surface area contributed by atoms with Gasteiger partial charge in [-0.2, -0.15) is 5.10 Å². The molecule has 88 valence electrons. The van der Waals surface area contributed by atoms with Gasteiger partial charge in [-0.25, -0.2) is 19.3 Å². The predicted molar refractivity (Wildman–Crippen MR) is 57.7 cm³/mol. The van der Waals surface area contributed by atoms with Crippen molar-refractivity contribution < 1.29 is 14.6 Å². The summed E-state index contributed by atoms with van der Waals surface area (Å²) in [5.74, 6) is -0.672. The monoisotopic (exact) mass is 235 g/mol. The summed E-state index contributed by atoms with van der Waals surface area (Å²) < 4.78 is 6.09. The highest BCUT2D eigenvalue weighted by Crippen LogP contribution is 2.20. The number of H-pyrrole nitrogens is 1. The summed E-state index contributed by atoms with van der Waals surface area (Å²) >= 11 is 0. The predicted octanol–water partition coefficient (Wildman–Crippen LogP) is 0.267. The Labute approximate surface area is 95.3 Å². The highest BCUT2D eigenvalue weighted by atomic mass is 16.5. The van der Waals surface area contributed by atoms with E-state index in [9.17, 15) is 9.59 Å². The molecule has 0 unspecified atom stereocenters. The molecule has 0 saturated heterocycles. The number of rotatable bonds is 3. The van der Waals surface area contributed by atoms with Crippen LogP contribution in [0.15, 0.2) is 29.3 Å². The normalized spacial score (nSPS) is 10.2. The summed E-state index contributed by atoms with van der Waals surface area (Å²) in [6, 6.07) is 4.34. The van der Waals surface area contributed by atoms with Gasteiger partial charge in [0.25, 0.3) is 0 Å². The van der Waals surface area contributed by atoms with Crippen LogP contribution in [-0.2, 0) is 0 Å². The first-order valence-corrected chi connectivity index (χ1v) is 4.67. The van der Waals surface area contributed by atoms with Crippen LogP contribution in [0.1, 0.15) is 10.4 Å². The molecule has 0 bridgehead atoms. The average molecular weight is 235 g/mol. The summed E-state index contributed by atoms with van der Waals surface area (Å²) in [5, 5.41) is 14.8. The molecule has 7 heteroatoms. The Morgan fingerprint density at radius 2 is 2.29 bits per heavy atom. The molecule has 1 heterocycles. The van der Waals surface area contributed by atoms with Gasteiger partial charge >= 0.3 is 11.7 Å². The van der Waals surface area contributed by atoms with Crippen LogP contribution in [0.25, 0.3) is 5.69 Å². The lowest BCUT2D eigenvalue weighted by atomic mass is 10.1. The topological polar surface area (TPSA) is 97.2 Å². The van der Waals surface area contributed by atoms with Crippen molar-refractivity contribution in [1.82, 2.24) is 14.8 Å². The van der Waals surface area contributed by atoms with Gasteiger partial charge in [0.15, 0.2) is 0 Å². The quantitative estimate of drug-likeness (QED) is 0.795. The Kier molecular flexibility index (Phi) is 2.65. The first-order chi connectivity index (χ1) is 8.13. The fraction of sp³-hybridized carbons (Fsp3) is 0.100. The van der Waals surface area contributed by atoms with Gasteiger partial charge in [-0.1, -0.05) is 0 Å². The second-order valence-electron chi connectivity index (χ2n) is 3.22. The second kappa shape index (κ2) is 4.12. The third-order valence-electron chi connectivity index (χ3n) is 2.25. The van der Waals surface area contributed by atoms with E-state index in [0.717, 1.165) is 4.57 Å². The molecule has 1 aromatic heterocycles. The largest absolute Gasteiger partial charge is 0.497 e. The molecule has 2 aromatic rings. The molecule has 0 aliphatic heterocycles. The number of ether oxygens (including phenoxy) is 1. The van der Waals surface area contributed by atoms with Gasteiger partial charge in [-0.15, -0.1) is 0 Å². The van der Waals surface area contributed by atoms with Crippen molar-refractivity contribution in [3.63, 3.8) is 0 Å². The summed E-state index contributed by atoms with van der Waals surface area (Å²) in [5.41, 5.74) is -0.314. The number of methoxy groups -OCH3 is 1. The number of carbonyl (C=O) groups is 1. The molecule has 0 fully saturated rings. The lowest BCUT2D eigenvalue weighted by Crippen LogP contribution is -2.17. The van der Waals surface area contributed by atoms with Gasteiger partial charge in [0.2, 0.25) is 0 Å². The molecule has 0 saturated carbocycles. The minimum atomic E-state index is -1.13. The maximum Gasteiger partial charge on any atom is 0.347 e. The zero-order valence-electron chi connectivity index (χ0n) is 8.88. The van der Waals surface area contributed by atoms with Gasteiger partial charge in [0.1, 0.15) is 12.1 Å². The van der Waals surface area contributed by atoms with E-state index in [1.165, 1.54) is 31.6 Å². The number of benzene rings is 1. The first kappa shape index (κ1) is 10.9. The van der Waals surface area contributed by atoms with Crippen molar-refractivity contribution >= 4 is 5.97 Å². The van der Waals surface area contributed by atoms with Crippen LogP contribution in [0.4, 0.5) is 0 Å². The number of nitrogens with one attached hydrogen (secondary N) is 1. The van der Waals surface area contributed by atoms with Gasteiger partial charge in [0, 0.05) is 6.07 Å². The molecule has 1 aromatic carbocycles. The standard InChI is InChI=1S/C10H9N3O4/c1-17-6-2-3-7(9(14)15)8(4-6)13-5-11-12-10(13)16/h2-5H,1H3,(H,12,16)(H,14,15). The minimum Gasteiger partial charge on any atom is -0.497 e. The Balaban J connectivity index is 2.69. The maximum atomic E-state index is 11.4. The molecule has 7 nitrogen and oxygen atoms in total. The SMILES string of the molecule is COc1ccc(C(=O)O)c(-n2cn[nH]c2=O)c1. The molecule has 0 aliphatic carbocycles. The summed E-state index contributed by atoms with van der Waals surface area (Å²) in [6.45, 7) is 0.